The van der Waals surface area contributed by atoms with Crippen LogP contribution in [0.1, 0.15) is 32.8 Å². The van der Waals surface area contributed by atoms with Crippen molar-refractivity contribution in [1.82, 2.24) is 10.0 Å². The zero-order chi connectivity index (χ0) is 19.3. The highest BCUT2D eigenvalue weighted by atomic mass is 32.2. The predicted molar refractivity (Wildman–Crippen MR) is 98.9 cm³/mol. The lowest BCUT2D eigenvalue weighted by Crippen LogP contribution is -2.31. The molecule has 1 N–H and O–H groups in total. The average Bonchev–Trinajstić information content (AvgIpc) is 2.61. The third-order valence-electron chi connectivity index (χ3n) is 4.13. The van der Waals surface area contributed by atoms with Crippen LogP contribution in [-0.4, -0.2) is 36.8 Å². The van der Waals surface area contributed by atoms with Gasteiger partial charge in [-0.1, -0.05) is 19.9 Å². The topological polar surface area (TPSA) is 79.7 Å². The number of sulfone groups is 1. The minimum atomic E-state index is -3.79. The van der Waals surface area contributed by atoms with E-state index >= 15 is 0 Å². The molecule has 6 nitrogen and oxygen atoms in total. The Bertz CT molecular complexity index is 820. The normalized spacial score (nSPS) is 13.2. The van der Waals surface area contributed by atoms with Crippen LogP contribution >= 0.6 is 0 Å². The summed E-state index contributed by atoms with van der Waals surface area (Å²) >= 11 is 0. The van der Waals surface area contributed by atoms with E-state index in [1.165, 1.54) is 30.5 Å². The highest BCUT2D eigenvalue weighted by Gasteiger charge is 2.24. The summed E-state index contributed by atoms with van der Waals surface area (Å²) < 4.78 is 31.0. The molecular formula is C19H26N2O4S. The number of hydroxylamine groups is 2. The van der Waals surface area contributed by atoms with E-state index in [0.717, 1.165) is 6.42 Å². The molecule has 0 unspecified atom stereocenters. The van der Waals surface area contributed by atoms with Crippen molar-refractivity contribution in [1.29, 1.82) is 0 Å². The third kappa shape index (κ3) is 4.81. The van der Waals surface area contributed by atoms with Gasteiger partial charge in [0, 0.05) is 17.8 Å². The van der Waals surface area contributed by atoms with E-state index in [1.54, 1.807) is 24.3 Å². The van der Waals surface area contributed by atoms with Gasteiger partial charge in [-0.3, -0.25) is 0 Å². The zero-order valence-electron chi connectivity index (χ0n) is 15.6. The minimum absolute atomic E-state index is 0.0408. The van der Waals surface area contributed by atoms with Crippen molar-refractivity contribution in [3.63, 3.8) is 0 Å². The number of benzene rings is 1. The molecule has 0 saturated carbocycles. The second-order valence-electron chi connectivity index (χ2n) is 6.72. The van der Waals surface area contributed by atoms with Crippen LogP contribution in [0.3, 0.4) is 0 Å². The summed E-state index contributed by atoms with van der Waals surface area (Å²) in [7, 11) is -2.27. The van der Waals surface area contributed by atoms with Gasteiger partial charge in [0.05, 0.1) is 18.6 Å². The fourth-order valence-electron chi connectivity index (χ4n) is 2.79. The molecule has 26 heavy (non-hydrogen) atoms. The molecule has 0 aliphatic carbocycles. The van der Waals surface area contributed by atoms with Crippen LogP contribution < -0.4 is 4.74 Å². The number of pyridine rings is 1. The Kier molecular flexibility index (Phi) is 6.75. The highest BCUT2D eigenvalue weighted by molar-refractivity contribution is 7.91. The molecule has 1 atom stereocenters. The van der Waals surface area contributed by atoms with E-state index < -0.39 is 9.84 Å². The van der Waals surface area contributed by atoms with Gasteiger partial charge in [-0.15, -0.1) is 0 Å². The van der Waals surface area contributed by atoms with Gasteiger partial charge >= 0.3 is 0 Å². The van der Waals surface area contributed by atoms with Crippen LogP contribution in [0.25, 0.3) is 0 Å². The number of ether oxygens (including phenoxy) is 1. The second-order valence-corrected chi connectivity index (χ2v) is 8.59. The van der Waals surface area contributed by atoms with E-state index in [4.69, 9.17) is 4.74 Å². The summed E-state index contributed by atoms with van der Waals surface area (Å²) in [6.45, 7) is 6.16. The quantitative estimate of drug-likeness (QED) is 0.708. The van der Waals surface area contributed by atoms with Crippen molar-refractivity contribution in [2.24, 2.45) is 5.92 Å². The predicted octanol–water partition coefficient (Wildman–Crippen LogP) is 3.55. The van der Waals surface area contributed by atoms with E-state index in [0.29, 0.717) is 17.2 Å². The van der Waals surface area contributed by atoms with E-state index in [2.05, 4.69) is 18.8 Å². The average molecular weight is 378 g/mol. The van der Waals surface area contributed by atoms with E-state index in [9.17, 15) is 13.6 Å². The summed E-state index contributed by atoms with van der Waals surface area (Å²) in [6, 6.07) is 9.43. The number of aromatic nitrogens is 1. The molecule has 2 rings (SSSR count). The number of hydrogen-bond donors (Lipinski definition) is 1. The van der Waals surface area contributed by atoms with Crippen LogP contribution in [0.5, 0.6) is 5.75 Å². The highest BCUT2D eigenvalue weighted by Crippen LogP contribution is 2.25. The van der Waals surface area contributed by atoms with Crippen molar-refractivity contribution in [3.05, 3.63) is 48.2 Å². The lowest BCUT2D eigenvalue weighted by molar-refractivity contribution is -0.134. The number of nitrogens with zero attached hydrogens (tertiary/aromatic N) is 2. The maximum Gasteiger partial charge on any atom is 0.224 e. The lowest BCUT2D eigenvalue weighted by atomic mass is 10.0. The van der Waals surface area contributed by atoms with Gasteiger partial charge in [0.2, 0.25) is 9.84 Å². The Labute approximate surface area is 155 Å². The van der Waals surface area contributed by atoms with Gasteiger partial charge in [-0.2, -0.15) is 5.06 Å². The molecule has 0 aliphatic heterocycles. The van der Waals surface area contributed by atoms with Crippen molar-refractivity contribution < 1.29 is 18.4 Å². The Balaban J connectivity index is 2.32. The summed E-state index contributed by atoms with van der Waals surface area (Å²) in [5.41, 5.74) is 0.460. The molecule has 2 aromatic rings. The second kappa shape index (κ2) is 8.62. The summed E-state index contributed by atoms with van der Waals surface area (Å²) in [5, 5.41) is 11.5. The van der Waals surface area contributed by atoms with Crippen molar-refractivity contribution in [3.8, 4) is 5.75 Å². The fraction of sp³-hybridized carbons (Fsp3) is 0.421. The fourth-order valence-corrected chi connectivity index (χ4v) is 4.18. The van der Waals surface area contributed by atoms with Gasteiger partial charge in [-0.05, 0) is 49.6 Å². The van der Waals surface area contributed by atoms with Crippen LogP contribution in [0.4, 0.5) is 0 Å². The smallest absolute Gasteiger partial charge is 0.224 e. The Morgan fingerprint density at radius 2 is 1.81 bits per heavy atom. The van der Waals surface area contributed by atoms with Crippen molar-refractivity contribution in [2.75, 3.05) is 7.11 Å². The van der Waals surface area contributed by atoms with Gasteiger partial charge in [0.1, 0.15) is 5.75 Å². The van der Waals surface area contributed by atoms with Gasteiger partial charge in [0.15, 0.2) is 5.03 Å². The van der Waals surface area contributed by atoms with Gasteiger partial charge in [0.25, 0.3) is 0 Å². The zero-order valence-corrected chi connectivity index (χ0v) is 16.4. The van der Waals surface area contributed by atoms with Crippen LogP contribution in [0, 0.1) is 5.92 Å². The molecule has 0 saturated heterocycles. The Hall–Kier alpha value is -1.96. The summed E-state index contributed by atoms with van der Waals surface area (Å²) in [4.78, 5) is 4.22. The molecule has 1 aromatic carbocycles. The lowest BCUT2D eigenvalue weighted by Gasteiger charge is -2.24. The number of methoxy groups -OCH3 is 1. The van der Waals surface area contributed by atoms with Crippen LogP contribution in [0.15, 0.2) is 52.5 Å². The maximum absolute atomic E-state index is 13.0. The maximum atomic E-state index is 13.0. The van der Waals surface area contributed by atoms with Crippen molar-refractivity contribution in [2.45, 2.75) is 49.7 Å². The van der Waals surface area contributed by atoms with Gasteiger partial charge in [-0.25, -0.2) is 13.4 Å². The first-order valence-corrected chi connectivity index (χ1v) is 10.0. The van der Waals surface area contributed by atoms with Crippen LogP contribution in [0.2, 0.25) is 0 Å². The molecule has 7 heteroatoms. The number of rotatable bonds is 8. The molecule has 0 amide bonds. The molecule has 0 fully saturated rings. The molecule has 0 aliphatic rings. The molecule has 0 spiro atoms. The minimum Gasteiger partial charge on any atom is -0.497 e. The third-order valence-corrected chi connectivity index (χ3v) is 5.90. The molecule has 142 valence electrons. The van der Waals surface area contributed by atoms with Crippen molar-refractivity contribution >= 4 is 9.84 Å². The number of hydrogen-bond acceptors (Lipinski definition) is 6. The molecular weight excluding hydrogens is 352 g/mol. The first kappa shape index (κ1) is 20.4. The van der Waals surface area contributed by atoms with E-state index in [-0.39, 0.29) is 22.5 Å². The standard InChI is InChI=1S/C19H26N2O4S/c1-14(2)12-15(3)21(22)13-16-6-5-11-20-19(16)26(23,24)18-9-7-17(25-4)8-10-18/h5-11,14-15,22H,12-13H2,1-4H3/t15-/m1/s1. The van der Waals surface area contributed by atoms with Gasteiger partial charge < -0.3 is 9.94 Å². The molecule has 1 heterocycles. The first-order valence-electron chi connectivity index (χ1n) is 8.54. The molecule has 1 aromatic heterocycles. The SMILES string of the molecule is COc1ccc(S(=O)(=O)c2ncccc2CN(O)[C@H](C)CC(C)C)cc1. The van der Waals surface area contributed by atoms with E-state index in [1.807, 2.05) is 6.92 Å². The first-order chi connectivity index (χ1) is 12.3. The molecule has 0 bridgehead atoms. The van der Waals surface area contributed by atoms with Crippen LogP contribution in [-0.2, 0) is 16.4 Å². The largest absolute Gasteiger partial charge is 0.497 e. The monoisotopic (exact) mass is 378 g/mol. The summed E-state index contributed by atoms with van der Waals surface area (Å²) in [6.07, 6.45) is 2.25. The summed E-state index contributed by atoms with van der Waals surface area (Å²) in [5.74, 6) is 1.00. The Morgan fingerprint density at radius 1 is 1.15 bits per heavy atom. The molecule has 0 radical (unpaired) electrons. The Morgan fingerprint density at radius 3 is 2.38 bits per heavy atom.